The molecule has 1 unspecified atom stereocenters. The van der Waals surface area contributed by atoms with Gasteiger partial charge in [0.25, 0.3) is 0 Å². The number of hydrogen-bond acceptors (Lipinski definition) is 2. The van der Waals surface area contributed by atoms with Crippen molar-refractivity contribution in [3.63, 3.8) is 0 Å². The molecule has 18 heavy (non-hydrogen) atoms. The standard InChI is InChI=1S/C14H20Cl2O2/c1-14(2,18-3)8-7-10(17)9-11-12(15)5-4-6-13(11)16/h4-6,10,17H,7-9H2,1-3H3. The van der Waals surface area contributed by atoms with Gasteiger partial charge in [-0.2, -0.15) is 0 Å². The number of aliphatic hydroxyl groups excluding tert-OH is 1. The molecule has 0 aliphatic heterocycles. The highest BCUT2D eigenvalue weighted by molar-refractivity contribution is 6.35. The number of hydrogen-bond donors (Lipinski definition) is 1. The molecular formula is C14H20Cl2O2. The molecule has 0 aliphatic carbocycles. The average Bonchev–Trinajstić information content (AvgIpc) is 2.32. The van der Waals surface area contributed by atoms with Crippen molar-refractivity contribution in [3.05, 3.63) is 33.8 Å². The second-order valence-corrected chi connectivity index (χ2v) is 5.88. The fourth-order valence-corrected chi connectivity index (χ4v) is 2.23. The maximum atomic E-state index is 10.0. The zero-order valence-electron chi connectivity index (χ0n) is 11.0. The Balaban J connectivity index is 2.57. The molecule has 0 heterocycles. The summed E-state index contributed by atoms with van der Waals surface area (Å²) in [4.78, 5) is 0. The first-order valence-corrected chi connectivity index (χ1v) is 6.77. The molecule has 2 nitrogen and oxygen atoms in total. The van der Waals surface area contributed by atoms with Gasteiger partial charge >= 0.3 is 0 Å². The first-order chi connectivity index (χ1) is 8.35. The van der Waals surface area contributed by atoms with Crippen LogP contribution in [-0.4, -0.2) is 23.9 Å². The number of ether oxygens (including phenoxy) is 1. The molecule has 0 aromatic heterocycles. The molecule has 0 saturated heterocycles. The molecule has 1 aromatic rings. The summed E-state index contributed by atoms with van der Waals surface area (Å²) in [5.41, 5.74) is 0.592. The molecular weight excluding hydrogens is 271 g/mol. The Morgan fingerprint density at radius 3 is 2.33 bits per heavy atom. The van der Waals surface area contributed by atoms with Crippen LogP contribution in [0, 0.1) is 0 Å². The molecule has 1 N–H and O–H groups in total. The van der Waals surface area contributed by atoms with Crippen molar-refractivity contribution in [1.29, 1.82) is 0 Å². The van der Waals surface area contributed by atoms with Crippen LogP contribution in [0.25, 0.3) is 0 Å². The Morgan fingerprint density at radius 2 is 1.83 bits per heavy atom. The van der Waals surface area contributed by atoms with Gasteiger partial charge in [-0.1, -0.05) is 29.3 Å². The van der Waals surface area contributed by atoms with E-state index < -0.39 is 6.10 Å². The lowest BCUT2D eigenvalue weighted by Gasteiger charge is -2.24. The lowest BCUT2D eigenvalue weighted by Crippen LogP contribution is -2.25. The minimum absolute atomic E-state index is 0.217. The van der Waals surface area contributed by atoms with Gasteiger partial charge in [-0.15, -0.1) is 0 Å². The fourth-order valence-electron chi connectivity index (χ4n) is 1.68. The zero-order valence-corrected chi connectivity index (χ0v) is 12.6. The SMILES string of the molecule is COC(C)(C)CCC(O)Cc1c(Cl)cccc1Cl. The number of rotatable bonds is 6. The van der Waals surface area contributed by atoms with Crippen LogP contribution >= 0.6 is 23.2 Å². The van der Waals surface area contributed by atoms with Crippen molar-refractivity contribution in [1.82, 2.24) is 0 Å². The second-order valence-electron chi connectivity index (χ2n) is 5.06. The molecule has 0 fully saturated rings. The smallest absolute Gasteiger partial charge is 0.0623 e. The van der Waals surface area contributed by atoms with Crippen LogP contribution in [0.5, 0.6) is 0 Å². The monoisotopic (exact) mass is 290 g/mol. The third-order valence-corrected chi connectivity index (χ3v) is 3.84. The first kappa shape index (κ1) is 15.8. The van der Waals surface area contributed by atoms with E-state index in [1.54, 1.807) is 25.3 Å². The zero-order chi connectivity index (χ0) is 13.8. The van der Waals surface area contributed by atoms with E-state index in [4.69, 9.17) is 27.9 Å². The Hall–Kier alpha value is -0.280. The van der Waals surface area contributed by atoms with Gasteiger partial charge in [-0.25, -0.2) is 0 Å². The topological polar surface area (TPSA) is 29.5 Å². The normalized spacial score (nSPS) is 13.7. The third-order valence-electron chi connectivity index (χ3n) is 3.13. The highest BCUT2D eigenvalue weighted by Gasteiger charge is 2.19. The average molecular weight is 291 g/mol. The van der Waals surface area contributed by atoms with Crippen molar-refractivity contribution in [3.8, 4) is 0 Å². The molecule has 4 heteroatoms. The number of methoxy groups -OCH3 is 1. The van der Waals surface area contributed by atoms with Crippen molar-refractivity contribution in [2.24, 2.45) is 0 Å². The van der Waals surface area contributed by atoms with Crippen LogP contribution in [0.1, 0.15) is 32.3 Å². The molecule has 0 radical (unpaired) electrons. The number of halogens is 2. The summed E-state index contributed by atoms with van der Waals surface area (Å²) in [5, 5.41) is 11.2. The van der Waals surface area contributed by atoms with Gasteiger partial charge in [0.2, 0.25) is 0 Å². The second kappa shape index (κ2) is 6.76. The van der Waals surface area contributed by atoms with E-state index in [0.717, 1.165) is 12.0 Å². The molecule has 1 aromatic carbocycles. The molecule has 1 atom stereocenters. The number of benzene rings is 1. The maximum Gasteiger partial charge on any atom is 0.0623 e. The summed E-state index contributed by atoms with van der Waals surface area (Å²) in [5.74, 6) is 0. The summed E-state index contributed by atoms with van der Waals surface area (Å²) in [7, 11) is 1.68. The highest BCUT2D eigenvalue weighted by Crippen LogP contribution is 2.27. The minimum Gasteiger partial charge on any atom is -0.393 e. The van der Waals surface area contributed by atoms with Crippen molar-refractivity contribution >= 4 is 23.2 Å². The van der Waals surface area contributed by atoms with Crippen LogP contribution in [0.4, 0.5) is 0 Å². The van der Waals surface area contributed by atoms with Gasteiger partial charge in [0.15, 0.2) is 0 Å². The van der Waals surface area contributed by atoms with E-state index in [0.29, 0.717) is 22.9 Å². The third kappa shape index (κ3) is 4.77. The van der Waals surface area contributed by atoms with Gasteiger partial charge < -0.3 is 9.84 Å². The van der Waals surface area contributed by atoms with Crippen molar-refractivity contribution < 1.29 is 9.84 Å². The maximum absolute atomic E-state index is 10.0. The van der Waals surface area contributed by atoms with E-state index in [1.165, 1.54) is 0 Å². The largest absolute Gasteiger partial charge is 0.393 e. The van der Waals surface area contributed by atoms with Gasteiger partial charge in [0, 0.05) is 23.6 Å². The fraction of sp³-hybridized carbons (Fsp3) is 0.571. The predicted molar refractivity (Wildman–Crippen MR) is 76.5 cm³/mol. The van der Waals surface area contributed by atoms with Crippen molar-refractivity contribution in [2.75, 3.05) is 7.11 Å². The molecule has 1 rings (SSSR count). The lowest BCUT2D eigenvalue weighted by atomic mass is 9.97. The Labute approximate surface area is 119 Å². The predicted octanol–water partition coefficient (Wildman–Crippen LogP) is 4.10. The van der Waals surface area contributed by atoms with Crippen molar-refractivity contribution in [2.45, 2.75) is 44.8 Å². The highest BCUT2D eigenvalue weighted by atomic mass is 35.5. The Kier molecular flexibility index (Phi) is 5.93. The van der Waals surface area contributed by atoms with Crippen LogP contribution in [-0.2, 0) is 11.2 Å². The quantitative estimate of drug-likeness (QED) is 0.855. The lowest BCUT2D eigenvalue weighted by molar-refractivity contribution is 0.00307. The van der Waals surface area contributed by atoms with Gasteiger partial charge in [-0.3, -0.25) is 0 Å². The summed E-state index contributed by atoms with van der Waals surface area (Å²) in [6.45, 7) is 4.00. The van der Waals surface area contributed by atoms with Gasteiger partial charge in [-0.05, 0) is 44.4 Å². The van der Waals surface area contributed by atoms with Crippen LogP contribution < -0.4 is 0 Å². The van der Waals surface area contributed by atoms with Crippen LogP contribution in [0.2, 0.25) is 10.0 Å². The van der Waals surface area contributed by atoms with Gasteiger partial charge in [0.1, 0.15) is 0 Å². The summed E-state index contributed by atoms with van der Waals surface area (Å²) in [6, 6.07) is 5.37. The Bertz CT molecular complexity index is 371. The van der Waals surface area contributed by atoms with Crippen LogP contribution in [0.3, 0.4) is 0 Å². The minimum atomic E-state index is -0.461. The van der Waals surface area contributed by atoms with E-state index in [1.807, 2.05) is 13.8 Å². The Morgan fingerprint density at radius 1 is 1.28 bits per heavy atom. The summed E-state index contributed by atoms with van der Waals surface area (Å²) < 4.78 is 5.32. The van der Waals surface area contributed by atoms with E-state index in [-0.39, 0.29) is 5.60 Å². The summed E-state index contributed by atoms with van der Waals surface area (Å²) >= 11 is 12.1. The molecule has 0 bridgehead atoms. The van der Waals surface area contributed by atoms with E-state index >= 15 is 0 Å². The molecule has 0 saturated carbocycles. The molecule has 0 aliphatic rings. The number of aliphatic hydroxyl groups is 1. The van der Waals surface area contributed by atoms with E-state index in [2.05, 4.69) is 0 Å². The van der Waals surface area contributed by atoms with E-state index in [9.17, 15) is 5.11 Å². The van der Waals surface area contributed by atoms with Crippen LogP contribution in [0.15, 0.2) is 18.2 Å². The molecule has 0 spiro atoms. The summed E-state index contributed by atoms with van der Waals surface area (Å²) in [6.07, 6.45) is 1.45. The molecule has 0 amide bonds. The molecule has 102 valence electrons. The first-order valence-electron chi connectivity index (χ1n) is 6.02. The van der Waals surface area contributed by atoms with Gasteiger partial charge in [0.05, 0.1) is 11.7 Å².